The van der Waals surface area contributed by atoms with Gasteiger partial charge in [0.15, 0.2) is 0 Å². The molecule has 0 aliphatic carbocycles. The van der Waals surface area contributed by atoms with Crippen molar-refractivity contribution in [3.05, 3.63) is 64.2 Å². The Balaban J connectivity index is 1.98. The molecule has 0 fully saturated rings. The Hall–Kier alpha value is -1.80. The van der Waals surface area contributed by atoms with Crippen molar-refractivity contribution in [3.8, 4) is 0 Å². The van der Waals surface area contributed by atoms with Crippen LogP contribution < -0.4 is 4.90 Å². The Morgan fingerprint density at radius 3 is 2.85 bits per heavy atom. The number of carbonyl (C=O) groups excluding carboxylic acids is 1. The van der Waals surface area contributed by atoms with Crippen molar-refractivity contribution in [2.75, 3.05) is 11.4 Å². The van der Waals surface area contributed by atoms with Gasteiger partial charge in [0.05, 0.1) is 0 Å². The van der Waals surface area contributed by atoms with Gasteiger partial charge in [-0.15, -0.1) is 0 Å². The highest BCUT2D eigenvalue weighted by molar-refractivity contribution is 6.31. The fourth-order valence-electron chi connectivity index (χ4n) is 2.71. The summed E-state index contributed by atoms with van der Waals surface area (Å²) in [6.07, 6.45) is 2.04. The molecular weight excluding hydrogens is 270 g/mol. The van der Waals surface area contributed by atoms with Gasteiger partial charge in [-0.1, -0.05) is 35.4 Å². The van der Waals surface area contributed by atoms with Gasteiger partial charge < -0.3 is 4.90 Å². The summed E-state index contributed by atoms with van der Waals surface area (Å²) in [5.74, 6) is 0.0253. The summed E-state index contributed by atoms with van der Waals surface area (Å²) in [6, 6.07) is 13.4. The van der Waals surface area contributed by atoms with Crippen LogP contribution in [0.2, 0.25) is 5.02 Å². The zero-order chi connectivity index (χ0) is 14.1. The van der Waals surface area contributed by atoms with Crippen molar-refractivity contribution >= 4 is 23.2 Å². The number of fused-ring (bicyclic) bond motifs is 1. The van der Waals surface area contributed by atoms with Gasteiger partial charge in [-0.05, 0) is 49.6 Å². The molecule has 1 aliphatic rings. The average Bonchev–Trinajstić information content (AvgIpc) is 2.45. The fourth-order valence-corrected chi connectivity index (χ4v) is 2.90. The highest BCUT2D eigenvalue weighted by Crippen LogP contribution is 2.29. The summed E-state index contributed by atoms with van der Waals surface area (Å²) in [7, 11) is 0. The molecule has 1 aliphatic heterocycles. The largest absolute Gasteiger partial charge is 0.308 e. The van der Waals surface area contributed by atoms with E-state index in [1.54, 1.807) is 12.1 Å². The summed E-state index contributed by atoms with van der Waals surface area (Å²) < 4.78 is 0. The van der Waals surface area contributed by atoms with E-state index in [-0.39, 0.29) is 5.91 Å². The number of nitrogens with zero attached hydrogens (tertiary/aromatic N) is 1. The Morgan fingerprint density at radius 1 is 1.20 bits per heavy atom. The van der Waals surface area contributed by atoms with Crippen LogP contribution in [0.3, 0.4) is 0 Å². The highest BCUT2D eigenvalue weighted by Gasteiger charge is 2.23. The van der Waals surface area contributed by atoms with Crippen LogP contribution in [-0.4, -0.2) is 12.5 Å². The first-order valence-corrected chi connectivity index (χ1v) is 7.20. The number of halogens is 1. The minimum absolute atomic E-state index is 0.0253. The first-order valence-electron chi connectivity index (χ1n) is 6.82. The molecule has 3 heteroatoms. The molecule has 0 unspecified atom stereocenters. The van der Waals surface area contributed by atoms with Gasteiger partial charge in [-0.25, -0.2) is 0 Å². The van der Waals surface area contributed by atoms with E-state index in [9.17, 15) is 4.79 Å². The van der Waals surface area contributed by atoms with E-state index in [0.29, 0.717) is 10.6 Å². The SMILES string of the molecule is Cc1ccc2c(c1)CCCN2C(=O)c1cccc(Cl)c1. The lowest BCUT2D eigenvalue weighted by molar-refractivity contribution is 0.0985. The number of anilines is 1. The Labute approximate surface area is 124 Å². The smallest absolute Gasteiger partial charge is 0.258 e. The summed E-state index contributed by atoms with van der Waals surface area (Å²) in [5.41, 5.74) is 4.17. The van der Waals surface area contributed by atoms with Gasteiger partial charge in [0.1, 0.15) is 0 Å². The zero-order valence-electron chi connectivity index (χ0n) is 11.4. The highest BCUT2D eigenvalue weighted by atomic mass is 35.5. The molecule has 0 saturated carbocycles. The molecule has 0 radical (unpaired) electrons. The van der Waals surface area contributed by atoms with Crippen molar-refractivity contribution < 1.29 is 4.79 Å². The minimum Gasteiger partial charge on any atom is -0.308 e. The minimum atomic E-state index is 0.0253. The lowest BCUT2D eigenvalue weighted by Crippen LogP contribution is -2.35. The van der Waals surface area contributed by atoms with E-state index in [0.717, 1.165) is 25.1 Å². The number of aryl methyl sites for hydroxylation is 2. The van der Waals surface area contributed by atoms with Crippen molar-refractivity contribution in [1.82, 2.24) is 0 Å². The molecule has 0 bridgehead atoms. The number of carbonyl (C=O) groups is 1. The maximum absolute atomic E-state index is 12.7. The van der Waals surface area contributed by atoms with Crippen LogP contribution in [0.1, 0.15) is 27.9 Å². The second kappa shape index (κ2) is 5.29. The topological polar surface area (TPSA) is 20.3 Å². The van der Waals surface area contributed by atoms with Gasteiger partial charge in [0.2, 0.25) is 0 Å². The second-order valence-electron chi connectivity index (χ2n) is 5.20. The van der Waals surface area contributed by atoms with Crippen LogP contribution >= 0.6 is 11.6 Å². The number of hydrogen-bond donors (Lipinski definition) is 0. The number of rotatable bonds is 1. The third-order valence-electron chi connectivity index (χ3n) is 3.67. The molecule has 1 heterocycles. The zero-order valence-corrected chi connectivity index (χ0v) is 12.2. The molecule has 2 aromatic rings. The summed E-state index contributed by atoms with van der Waals surface area (Å²) in [6.45, 7) is 2.85. The standard InChI is InChI=1S/C17H16ClNO/c1-12-7-8-16-13(10-12)5-3-9-19(16)17(20)14-4-2-6-15(18)11-14/h2,4,6-8,10-11H,3,5,9H2,1H3. The summed E-state index contributed by atoms with van der Waals surface area (Å²) >= 11 is 5.98. The van der Waals surface area contributed by atoms with Gasteiger partial charge in [-0.3, -0.25) is 4.79 Å². The van der Waals surface area contributed by atoms with E-state index in [1.807, 2.05) is 23.1 Å². The first-order chi connectivity index (χ1) is 9.65. The lowest BCUT2D eigenvalue weighted by atomic mass is 9.99. The summed E-state index contributed by atoms with van der Waals surface area (Å²) in [5, 5.41) is 0.594. The predicted octanol–water partition coefficient (Wildman–Crippen LogP) is 4.24. The van der Waals surface area contributed by atoms with Gasteiger partial charge >= 0.3 is 0 Å². The molecule has 0 saturated heterocycles. The van der Waals surface area contributed by atoms with E-state index >= 15 is 0 Å². The van der Waals surface area contributed by atoms with E-state index in [4.69, 9.17) is 11.6 Å². The molecule has 0 spiro atoms. The maximum Gasteiger partial charge on any atom is 0.258 e. The normalized spacial score (nSPS) is 14.0. The molecule has 0 N–H and O–H groups in total. The van der Waals surface area contributed by atoms with Crippen LogP contribution in [0.4, 0.5) is 5.69 Å². The van der Waals surface area contributed by atoms with Crippen LogP contribution in [0.25, 0.3) is 0 Å². The molecule has 0 atom stereocenters. The molecule has 3 rings (SSSR count). The predicted molar refractivity (Wildman–Crippen MR) is 82.6 cm³/mol. The van der Waals surface area contributed by atoms with Gasteiger partial charge in [0.25, 0.3) is 5.91 Å². The quantitative estimate of drug-likeness (QED) is 0.767. The van der Waals surface area contributed by atoms with Crippen molar-refractivity contribution in [2.45, 2.75) is 19.8 Å². The third kappa shape index (κ3) is 2.44. The van der Waals surface area contributed by atoms with E-state index < -0.39 is 0 Å². The van der Waals surface area contributed by atoms with Crippen molar-refractivity contribution in [2.24, 2.45) is 0 Å². The van der Waals surface area contributed by atoms with Gasteiger partial charge in [0, 0.05) is 22.8 Å². The second-order valence-corrected chi connectivity index (χ2v) is 5.64. The summed E-state index contributed by atoms with van der Waals surface area (Å²) in [4.78, 5) is 14.5. The Bertz CT molecular complexity index is 666. The fraction of sp³-hybridized carbons (Fsp3) is 0.235. The van der Waals surface area contributed by atoms with Crippen LogP contribution in [-0.2, 0) is 6.42 Å². The Morgan fingerprint density at radius 2 is 2.05 bits per heavy atom. The molecule has 2 nitrogen and oxygen atoms in total. The van der Waals surface area contributed by atoms with Crippen molar-refractivity contribution in [3.63, 3.8) is 0 Å². The number of hydrogen-bond acceptors (Lipinski definition) is 1. The van der Waals surface area contributed by atoms with Crippen molar-refractivity contribution in [1.29, 1.82) is 0 Å². The average molecular weight is 286 g/mol. The number of benzene rings is 2. The van der Waals surface area contributed by atoms with E-state index in [1.165, 1.54) is 11.1 Å². The first kappa shape index (κ1) is 13.2. The van der Waals surface area contributed by atoms with Crippen LogP contribution in [0.5, 0.6) is 0 Å². The maximum atomic E-state index is 12.7. The number of amides is 1. The molecule has 102 valence electrons. The van der Waals surface area contributed by atoms with Gasteiger partial charge in [-0.2, -0.15) is 0 Å². The monoisotopic (exact) mass is 285 g/mol. The lowest BCUT2D eigenvalue weighted by Gasteiger charge is -2.30. The van der Waals surface area contributed by atoms with Crippen LogP contribution in [0, 0.1) is 6.92 Å². The molecule has 2 aromatic carbocycles. The third-order valence-corrected chi connectivity index (χ3v) is 3.91. The van der Waals surface area contributed by atoms with Crippen LogP contribution in [0.15, 0.2) is 42.5 Å². The molecule has 1 amide bonds. The van der Waals surface area contributed by atoms with E-state index in [2.05, 4.69) is 19.1 Å². The Kier molecular flexibility index (Phi) is 3.49. The molecule has 0 aromatic heterocycles. The molecular formula is C17H16ClNO. The molecule has 20 heavy (non-hydrogen) atoms.